The molecule has 1 aliphatic rings. The van der Waals surface area contributed by atoms with Crippen molar-refractivity contribution in [3.05, 3.63) is 36.4 Å². The topological polar surface area (TPSA) is 199 Å². The van der Waals surface area contributed by atoms with Crippen LogP contribution in [-0.2, 0) is 32.0 Å². The Balaban J connectivity index is 1.80. The van der Waals surface area contributed by atoms with Gasteiger partial charge in [0.2, 0.25) is 17.7 Å². The summed E-state index contributed by atoms with van der Waals surface area (Å²) in [6.07, 6.45) is 7.49. The molecule has 0 bridgehead atoms. The first-order valence-corrected chi connectivity index (χ1v) is 12.0. The standard InChI is InChI=1S/C23H34N8O5/c1-13(2)6-16(24)20(32)29-17(7-14-9-25-11-27-14)21(33)30-18(8-15-10-26-12-28-15)22(34)31-5-3-4-19(31)23(35)36/h9-13,16-19H,3-8,24H2,1-2H3,(H,25,27)(H,26,28)(H,29,32)(H,30,33)(H,35,36). The van der Waals surface area contributed by atoms with E-state index in [1.165, 1.54) is 29.9 Å². The maximum atomic E-state index is 13.4. The molecule has 1 saturated heterocycles. The van der Waals surface area contributed by atoms with Crippen LogP contribution < -0.4 is 16.4 Å². The van der Waals surface area contributed by atoms with E-state index in [1.807, 2.05) is 13.8 Å². The number of aliphatic carboxylic acids is 1. The molecular formula is C23H34N8O5. The second-order valence-electron chi connectivity index (χ2n) is 9.45. The van der Waals surface area contributed by atoms with Gasteiger partial charge in [0.25, 0.3) is 0 Å². The highest BCUT2D eigenvalue weighted by Gasteiger charge is 2.38. The number of carboxylic acid groups (broad SMARTS) is 1. The SMILES string of the molecule is CC(C)CC(N)C(=O)NC(Cc1cnc[nH]1)C(=O)NC(Cc1cnc[nH]1)C(=O)N1CCCC1C(=O)O. The Labute approximate surface area is 208 Å². The van der Waals surface area contributed by atoms with E-state index >= 15 is 0 Å². The number of H-pyrrole nitrogens is 2. The lowest BCUT2D eigenvalue weighted by atomic mass is 10.0. The van der Waals surface area contributed by atoms with Crippen LogP contribution in [0.25, 0.3) is 0 Å². The van der Waals surface area contributed by atoms with Gasteiger partial charge in [-0.3, -0.25) is 14.4 Å². The van der Waals surface area contributed by atoms with Gasteiger partial charge in [-0.2, -0.15) is 0 Å². The number of carboxylic acids is 1. The number of imidazole rings is 2. The molecule has 7 N–H and O–H groups in total. The highest BCUT2D eigenvalue weighted by molar-refractivity contribution is 5.94. The Morgan fingerprint density at radius 3 is 2.17 bits per heavy atom. The van der Waals surface area contributed by atoms with Gasteiger partial charge in [-0.15, -0.1) is 0 Å². The molecule has 196 valence electrons. The van der Waals surface area contributed by atoms with Crippen molar-refractivity contribution in [2.75, 3.05) is 6.54 Å². The summed E-state index contributed by atoms with van der Waals surface area (Å²) < 4.78 is 0. The van der Waals surface area contributed by atoms with Gasteiger partial charge in [0, 0.05) is 43.2 Å². The van der Waals surface area contributed by atoms with Crippen molar-refractivity contribution < 1.29 is 24.3 Å². The zero-order chi connectivity index (χ0) is 26.2. The second-order valence-corrected chi connectivity index (χ2v) is 9.45. The molecule has 2 aromatic heterocycles. The van der Waals surface area contributed by atoms with Crippen molar-refractivity contribution >= 4 is 23.7 Å². The fourth-order valence-electron chi connectivity index (χ4n) is 4.30. The summed E-state index contributed by atoms with van der Waals surface area (Å²) in [5.74, 6) is -2.49. The fourth-order valence-corrected chi connectivity index (χ4v) is 4.30. The van der Waals surface area contributed by atoms with Gasteiger partial charge in [0.1, 0.15) is 18.1 Å². The number of aromatic amines is 2. The Hall–Kier alpha value is -3.74. The first-order valence-electron chi connectivity index (χ1n) is 12.0. The number of carbonyl (C=O) groups excluding carboxylic acids is 3. The van der Waals surface area contributed by atoms with Gasteiger partial charge < -0.3 is 36.3 Å². The number of aromatic nitrogens is 4. The number of hydrogen-bond acceptors (Lipinski definition) is 7. The molecule has 0 aliphatic carbocycles. The number of likely N-dealkylation sites (tertiary alicyclic amines) is 1. The van der Waals surface area contributed by atoms with Crippen molar-refractivity contribution in [3.63, 3.8) is 0 Å². The predicted octanol–water partition coefficient (Wildman–Crippen LogP) is -0.663. The number of nitrogens with zero attached hydrogens (tertiary/aromatic N) is 3. The van der Waals surface area contributed by atoms with Crippen LogP contribution in [0.3, 0.4) is 0 Å². The molecule has 3 amide bonds. The largest absolute Gasteiger partial charge is 0.480 e. The monoisotopic (exact) mass is 502 g/mol. The lowest BCUT2D eigenvalue weighted by Gasteiger charge is -2.29. The Morgan fingerprint density at radius 1 is 1.06 bits per heavy atom. The molecule has 0 spiro atoms. The van der Waals surface area contributed by atoms with Crippen LogP contribution in [-0.4, -0.2) is 84.3 Å². The molecule has 3 rings (SSSR count). The Bertz CT molecular complexity index is 1020. The molecule has 1 aliphatic heterocycles. The van der Waals surface area contributed by atoms with Crippen molar-refractivity contribution in [1.82, 2.24) is 35.5 Å². The van der Waals surface area contributed by atoms with Crippen molar-refractivity contribution in [2.45, 2.75) is 70.1 Å². The molecule has 3 heterocycles. The predicted molar refractivity (Wildman–Crippen MR) is 128 cm³/mol. The zero-order valence-corrected chi connectivity index (χ0v) is 20.4. The average Bonchev–Trinajstić information content (AvgIpc) is 3.59. The molecule has 36 heavy (non-hydrogen) atoms. The molecule has 4 atom stereocenters. The maximum absolute atomic E-state index is 13.4. The smallest absolute Gasteiger partial charge is 0.326 e. The molecule has 1 fully saturated rings. The third-order valence-corrected chi connectivity index (χ3v) is 6.09. The third-order valence-electron chi connectivity index (χ3n) is 6.09. The lowest BCUT2D eigenvalue weighted by molar-refractivity contribution is -0.149. The zero-order valence-electron chi connectivity index (χ0n) is 20.4. The summed E-state index contributed by atoms with van der Waals surface area (Å²) >= 11 is 0. The first-order chi connectivity index (χ1) is 17.2. The molecule has 13 heteroatoms. The van der Waals surface area contributed by atoms with Crippen LogP contribution in [0.1, 0.15) is 44.5 Å². The molecule has 0 radical (unpaired) electrons. The number of rotatable bonds is 12. The second kappa shape index (κ2) is 12.3. The van der Waals surface area contributed by atoms with Gasteiger partial charge in [0.05, 0.1) is 18.7 Å². The summed E-state index contributed by atoms with van der Waals surface area (Å²) in [5.41, 5.74) is 7.21. The van der Waals surface area contributed by atoms with Crippen LogP contribution in [0.5, 0.6) is 0 Å². The normalized spacial score (nSPS) is 18.0. The number of hydrogen-bond donors (Lipinski definition) is 6. The van der Waals surface area contributed by atoms with Gasteiger partial charge in [0.15, 0.2) is 0 Å². The van der Waals surface area contributed by atoms with E-state index in [9.17, 15) is 24.3 Å². The van der Waals surface area contributed by atoms with Crippen molar-refractivity contribution in [2.24, 2.45) is 11.7 Å². The highest BCUT2D eigenvalue weighted by atomic mass is 16.4. The van der Waals surface area contributed by atoms with Crippen molar-refractivity contribution in [1.29, 1.82) is 0 Å². The van der Waals surface area contributed by atoms with E-state index in [2.05, 4.69) is 30.6 Å². The van der Waals surface area contributed by atoms with Gasteiger partial charge in [-0.05, 0) is 25.2 Å². The Morgan fingerprint density at radius 2 is 1.64 bits per heavy atom. The average molecular weight is 503 g/mol. The van der Waals surface area contributed by atoms with E-state index in [4.69, 9.17) is 5.73 Å². The summed E-state index contributed by atoms with van der Waals surface area (Å²) in [6.45, 7) is 4.16. The van der Waals surface area contributed by atoms with Crippen molar-refractivity contribution in [3.8, 4) is 0 Å². The Kier molecular flexibility index (Phi) is 9.17. The van der Waals surface area contributed by atoms with Gasteiger partial charge in [-0.1, -0.05) is 13.8 Å². The van der Waals surface area contributed by atoms with Gasteiger partial charge in [-0.25, -0.2) is 14.8 Å². The first kappa shape index (κ1) is 26.9. The lowest BCUT2D eigenvalue weighted by Crippen LogP contribution is -2.58. The minimum absolute atomic E-state index is 0.0744. The summed E-state index contributed by atoms with van der Waals surface area (Å²) in [5, 5.41) is 15.0. The molecule has 2 aromatic rings. The van der Waals surface area contributed by atoms with Crippen LogP contribution >= 0.6 is 0 Å². The van der Waals surface area contributed by atoms with Crippen LogP contribution in [0, 0.1) is 5.92 Å². The summed E-state index contributed by atoms with van der Waals surface area (Å²) in [4.78, 5) is 66.2. The summed E-state index contributed by atoms with van der Waals surface area (Å²) in [6, 6.07) is -3.86. The molecular weight excluding hydrogens is 468 g/mol. The van der Waals surface area contributed by atoms with Crippen LogP contribution in [0.15, 0.2) is 25.0 Å². The minimum atomic E-state index is -1.09. The maximum Gasteiger partial charge on any atom is 0.326 e. The molecule has 13 nitrogen and oxygen atoms in total. The number of nitrogens with one attached hydrogen (secondary N) is 4. The minimum Gasteiger partial charge on any atom is -0.480 e. The quantitative estimate of drug-likeness (QED) is 0.219. The third kappa shape index (κ3) is 7.13. The van der Waals surface area contributed by atoms with E-state index < -0.39 is 47.9 Å². The van der Waals surface area contributed by atoms with Crippen LogP contribution in [0.2, 0.25) is 0 Å². The number of amides is 3. The van der Waals surface area contributed by atoms with E-state index in [0.29, 0.717) is 30.7 Å². The fraction of sp³-hybridized carbons (Fsp3) is 0.565. The molecule has 4 unspecified atom stereocenters. The van der Waals surface area contributed by atoms with Gasteiger partial charge >= 0.3 is 5.97 Å². The molecule has 0 aromatic carbocycles. The molecule has 0 saturated carbocycles. The summed E-state index contributed by atoms with van der Waals surface area (Å²) in [7, 11) is 0. The number of carbonyl (C=O) groups is 4. The van der Waals surface area contributed by atoms with Crippen LogP contribution in [0.4, 0.5) is 0 Å². The van der Waals surface area contributed by atoms with E-state index in [0.717, 1.165) is 0 Å². The van der Waals surface area contributed by atoms with E-state index in [1.54, 1.807) is 0 Å². The number of nitrogens with two attached hydrogens (primary N) is 1. The van der Waals surface area contributed by atoms with E-state index in [-0.39, 0.29) is 25.3 Å². The highest BCUT2D eigenvalue weighted by Crippen LogP contribution is 2.19.